The average molecular weight is 506 g/mol. The Balaban J connectivity index is 1.29. The minimum absolute atomic E-state index is 0.0841. The molecule has 3 heterocycles. The lowest BCUT2D eigenvalue weighted by atomic mass is 9.91. The molecule has 11 heteroatoms. The molecule has 0 atom stereocenters. The summed E-state index contributed by atoms with van der Waals surface area (Å²) in [5, 5.41) is 15.7. The number of hydrogen-bond acceptors (Lipinski definition) is 7. The van der Waals surface area contributed by atoms with Gasteiger partial charge in [-0.3, -0.25) is 9.48 Å². The van der Waals surface area contributed by atoms with E-state index in [0.29, 0.717) is 22.6 Å². The number of benzene rings is 1. The standard InChI is InChI=1S/C26H31N7O4/c1-26(2,3)37-25(35)29-17-6-8-18(9-7-17)33-15-16-12-19(22(36-4)13-20(16)31-33)24(34)30-21-14-28-32-11-5-10-27-23(21)32/h5,10-15,17-18H,6-9H2,1-4H3,(H,29,35)(H,30,34). The van der Waals surface area contributed by atoms with Crippen LogP contribution in [-0.4, -0.2) is 55.1 Å². The van der Waals surface area contributed by atoms with Crippen LogP contribution < -0.4 is 15.4 Å². The smallest absolute Gasteiger partial charge is 0.407 e. The van der Waals surface area contributed by atoms with Crippen molar-refractivity contribution < 1.29 is 19.1 Å². The minimum Gasteiger partial charge on any atom is -0.496 e. The van der Waals surface area contributed by atoms with Gasteiger partial charge in [0.2, 0.25) is 0 Å². The zero-order chi connectivity index (χ0) is 26.2. The molecule has 0 unspecified atom stereocenters. The normalized spacial score (nSPS) is 18.1. The second kappa shape index (κ2) is 9.72. The Morgan fingerprint density at radius 2 is 1.92 bits per heavy atom. The van der Waals surface area contributed by atoms with Gasteiger partial charge in [-0.1, -0.05) is 0 Å². The number of nitrogens with one attached hydrogen (secondary N) is 2. The van der Waals surface area contributed by atoms with Gasteiger partial charge in [0, 0.05) is 36.1 Å². The maximum Gasteiger partial charge on any atom is 0.407 e. The van der Waals surface area contributed by atoms with Gasteiger partial charge < -0.3 is 20.1 Å². The van der Waals surface area contributed by atoms with Crippen LogP contribution in [0.15, 0.2) is 43.0 Å². The number of methoxy groups -OCH3 is 1. The Bertz CT molecular complexity index is 1440. The van der Waals surface area contributed by atoms with Crippen LogP contribution in [0.4, 0.5) is 10.5 Å². The first kappa shape index (κ1) is 24.5. The molecule has 1 aliphatic carbocycles. The van der Waals surface area contributed by atoms with E-state index in [-0.39, 0.29) is 24.1 Å². The number of carbonyl (C=O) groups excluding carboxylic acids is 2. The summed E-state index contributed by atoms with van der Waals surface area (Å²) in [6.07, 6.45) is 10.00. The average Bonchev–Trinajstić information content (AvgIpc) is 3.46. The fraction of sp³-hybridized carbons (Fsp3) is 0.423. The van der Waals surface area contributed by atoms with Crippen molar-refractivity contribution in [3.8, 4) is 5.75 Å². The van der Waals surface area contributed by atoms with Gasteiger partial charge in [0.25, 0.3) is 5.91 Å². The van der Waals surface area contributed by atoms with E-state index >= 15 is 0 Å². The van der Waals surface area contributed by atoms with Crippen molar-refractivity contribution in [3.63, 3.8) is 0 Å². The maximum absolute atomic E-state index is 13.2. The number of rotatable bonds is 5. The third kappa shape index (κ3) is 5.35. The Morgan fingerprint density at radius 3 is 2.65 bits per heavy atom. The highest BCUT2D eigenvalue weighted by atomic mass is 16.6. The number of nitrogens with zero attached hydrogens (tertiary/aromatic N) is 5. The summed E-state index contributed by atoms with van der Waals surface area (Å²) in [7, 11) is 1.53. The molecule has 1 aliphatic rings. The first-order chi connectivity index (χ1) is 17.7. The quantitative estimate of drug-likeness (QED) is 0.413. The number of fused-ring (bicyclic) bond motifs is 2. The van der Waals surface area contributed by atoms with E-state index in [4.69, 9.17) is 14.6 Å². The van der Waals surface area contributed by atoms with Gasteiger partial charge in [-0.15, -0.1) is 0 Å². The first-order valence-electron chi connectivity index (χ1n) is 12.4. The largest absolute Gasteiger partial charge is 0.496 e. The van der Waals surface area contributed by atoms with Crippen molar-refractivity contribution in [1.82, 2.24) is 29.7 Å². The Labute approximate surface area is 214 Å². The third-order valence-electron chi connectivity index (χ3n) is 6.41. The van der Waals surface area contributed by atoms with E-state index in [1.54, 1.807) is 41.3 Å². The summed E-state index contributed by atoms with van der Waals surface area (Å²) in [6, 6.07) is 5.63. The van der Waals surface area contributed by atoms with Gasteiger partial charge in [0.05, 0.1) is 30.4 Å². The lowest BCUT2D eigenvalue weighted by molar-refractivity contribution is 0.0487. The minimum atomic E-state index is -0.517. The van der Waals surface area contributed by atoms with E-state index in [1.807, 2.05) is 31.6 Å². The lowest BCUT2D eigenvalue weighted by Gasteiger charge is -2.30. The van der Waals surface area contributed by atoms with Crippen molar-refractivity contribution in [3.05, 3.63) is 48.5 Å². The van der Waals surface area contributed by atoms with Crippen molar-refractivity contribution in [2.24, 2.45) is 0 Å². The van der Waals surface area contributed by atoms with Crippen molar-refractivity contribution in [1.29, 1.82) is 0 Å². The van der Waals surface area contributed by atoms with Crippen molar-refractivity contribution in [2.75, 3.05) is 12.4 Å². The molecule has 194 valence electrons. The molecule has 5 rings (SSSR count). The highest BCUT2D eigenvalue weighted by Crippen LogP contribution is 2.32. The molecule has 0 radical (unpaired) electrons. The van der Waals surface area contributed by atoms with Crippen LogP contribution in [0.1, 0.15) is 62.9 Å². The molecule has 2 amide bonds. The monoisotopic (exact) mass is 505 g/mol. The van der Waals surface area contributed by atoms with E-state index in [1.165, 1.54) is 7.11 Å². The summed E-state index contributed by atoms with van der Waals surface area (Å²) in [5.41, 5.74) is 1.70. The Kier molecular flexibility index (Phi) is 6.45. The number of amides is 2. The van der Waals surface area contributed by atoms with Gasteiger partial charge >= 0.3 is 6.09 Å². The zero-order valence-corrected chi connectivity index (χ0v) is 21.4. The van der Waals surface area contributed by atoms with Gasteiger partial charge in [0.1, 0.15) is 17.0 Å². The topological polar surface area (TPSA) is 125 Å². The lowest BCUT2D eigenvalue weighted by Crippen LogP contribution is -2.41. The number of alkyl carbamates (subject to hydrolysis) is 1. The van der Waals surface area contributed by atoms with Crippen molar-refractivity contribution >= 4 is 34.2 Å². The van der Waals surface area contributed by atoms with Crippen LogP contribution in [0.3, 0.4) is 0 Å². The first-order valence-corrected chi connectivity index (χ1v) is 12.4. The number of anilines is 1. The number of ether oxygens (including phenoxy) is 2. The predicted octanol–water partition coefficient (Wildman–Crippen LogP) is 4.35. The number of aromatic nitrogens is 5. The summed E-state index contributed by atoms with van der Waals surface area (Å²) in [6.45, 7) is 5.56. The van der Waals surface area contributed by atoms with Gasteiger partial charge in [-0.05, 0) is 58.6 Å². The molecular formula is C26H31N7O4. The molecule has 0 spiro atoms. The number of hydrogen-bond donors (Lipinski definition) is 2. The SMILES string of the molecule is COc1cc2nn(C3CCC(NC(=O)OC(C)(C)C)CC3)cc2cc1C(=O)Nc1cnn2cccnc12. The van der Waals surface area contributed by atoms with Crippen molar-refractivity contribution in [2.45, 2.75) is 64.1 Å². The van der Waals surface area contributed by atoms with Crippen LogP contribution in [0, 0.1) is 0 Å². The zero-order valence-electron chi connectivity index (χ0n) is 21.4. The van der Waals surface area contributed by atoms with E-state index < -0.39 is 5.60 Å². The second-order valence-corrected chi connectivity index (χ2v) is 10.3. The Hall–Kier alpha value is -4.15. The van der Waals surface area contributed by atoms with Gasteiger partial charge in [-0.2, -0.15) is 10.2 Å². The van der Waals surface area contributed by atoms with Crippen LogP contribution >= 0.6 is 0 Å². The molecule has 1 saturated carbocycles. The molecule has 1 fully saturated rings. The highest BCUT2D eigenvalue weighted by Gasteiger charge is 2.26. The van der Waals surface area contributed by atoms with E-state index in [0.717, 1.165) is 36.6 Å². The molecule has 4 aromatic rings. The third-order valence-corrected chi connectivity index (χ3v) is 6.41. The van der Waals surface area contributed by atoms with Gasteiger partial charge in [-0.25, -0.2) is 14.3 Å². The molecule has 3 aromatic heterocycles. The highest BCUT2D eigenvalue weighted by molar-refractivity contribution is 6.09. The van der Waals surface area contributed by atoms with Gasteiger partial charge in [0.15, 0.2) is 5.65 Å². The Morgan fingerprint density at radius 1 is 1.14 bits per heavy atom. The summed E-state index contributed by atoms with van der Waals surface area (Å²) in [5.74, 6) is 0.116. The molecular weight excluding hydrogens is 474 g/mol. The molecule has 1 aromatic carbocycles. The van der Waals surface area contributed by atoms with Crippen LogP contribution in [-0.2, 0) is 4.74 Å². The fourth-order valence-electron chi connectivity index (χ4n) is 4.67. The fourth-order valence-corrected chi connectivity index (χ4v) is 4.67. The van der Waals surface area contributed by atoms with Crippen LogP contribution in [0.25, 0.3) is 16.6 Å². The molecule has 2 N–H and O–H groups in total. The summed E-state index contributed by atoms with van der Waals surface area (Å²) >= 11 is 0. The summed E-state index contributed by atoms with van der Waals surface area (Å²) in [4.78, 5) is 29.6. The molecule has 37 heavy (non-hydrogen) atoms. The molecule has 11 nitrogen and oxygen atoms in total. The maximum atomic E-state index is 13.2. The predicted molar refractivity (Wildman–Crippen MR) is 138 cm³/mol. The van der Waals surface area contributed by atoms with Crippen LogP contribution in [0.5, 0.6) is 5.75 Å². The second-order valence-electron chi connectivity index (χ2n) is 10.3. The van der Waals surface area contributed by atoms with E-state index in [9.17, 15) is 9.59 Å². The summed E-state index contributed by atoms with van der Waals surface area (Å²) < 4.78 is 14.5. The molecule has 0 saturated heterocycles. The number of carbonyl (C=O) groups is 2. The molecule has 0 aliphatic heterocycles. The van der Waals surface area contributed by atoms with E-state index in [2.05, 4.69) is 20.7 Å². The van der Waals surface area contributed by atoms with Crippen LogP contribution in [0.2, 0.25) is 0 Å². The molecule has 0 bridgehead atoms.